The van der Waals surface area contributed by atoms with Crippen molar-refractivity contribution in [1.29, 1.82) is 0 Å². The van der Waals surface area contributed by atoms with Gasteiger partial charge in [0.15, 0.2) is 0 Å². The lowest BCUT2D eigenvalue weighted by Gasteiger charge is -2.61. The van der Waals surface area contributed by atoms with E-state index in [2.05, 4.69) is 19.7 Å². The normalized spacial score (nSPS) is 42.1. The second-order valence-electron chi connectivity index (χ2n) is 12.0. The van der Waals surface area contributed by atoms with Crippen molar-refractivity contribution in [1.82, 2.24) is 0 Å². The molecule has 0 N–H and O–H groups in total. The first-order valence-electron chi connectivity index (χ1n) is 15.6. The van der Waals surface area contributed by atoms with Crippen molar-refractivity contribution >= 4 is 88.3 Å². The molecule has 0 saturated carbocycles. The monoisotopic (exact) mass is 830 g/mol. The molecular formula is C23H42O18Si8. The maximum atomic E-state index is 11.8. The summed E-state index contributed by atoms with van der Waals surface area (Å²) in [5, 5.41) is 0. The van der Waals surface area contributed by atoms with Gasteiger partial charge in [0.05, 0.1) is 19.8 Å². The van der Waals surface area contributed by atoms with Crippen LogP contribution in [0, 0.1) is 0 Å². The minimum Gasteiger partial charge on any atom is -0.463 e. The minimum absolute atomic E-state index is 0.000383. The molecule has 0 amide bonds. The molecule has 49 heavy (non-hydrogen) atoms. The molecule has 274 valence electrons. The highest BCUT2D eigenvalue weighted by atomic mass is 28.6. The largest absolute Gasteiger partial charge is 0.478 e. The lowest BCUT2D eigenvalue weighted by atomic mass is 10.5. The summed E-state index contributed by atoms with van der Waals surface area (Å²) in [6, 6.07) is 0.325. The summed E-state index contributed by atoms with van der Waals surface area (Å²) in [4.78, 5) is 35.4. The van der Waals surface area contributed by atoms with Crippen LogP contribution in [0.25, 0.3) is 0 Å². The number of ether oxygens (including phenoxy) is 3. The van der Waals surface area contributed by atoms with Gasteiger partial charge in [0.1, 0.15) is 0 Å². The van der Waals surface area contributed by atoms with Gasteiger partial charge in [-0.05, 0) is 19.3 Å². The fourth-order valence-electron chi connectivity index (χ4n) is 6.08. The van der Waals surface area contributed by atoms with Crippen LogP contribution in [0.1, 0.15) is 19.3 Å². The Balaban J connectivity index is 1.59. The van der Waals surface area contributed by atoms with Crippen LogP contribution < -0.4 is 0 Å². The zero-order chi connectivity index (χ0) is 35.8. The van der Waals surface area contributed by atoms with Crippen LogP contribution in [0.3, 0.4) is 0 Å². The zero-order valence-corrected chi connectivity index (χ0v) is 36.1. The van der Waals surface area contributed by atoms with Crippen LogP contribution in [0.5, 0.6) is 0 Å². The molecule has 6 fully saturated rings. The van der Waals surface area contributed by atoms with Crippen LogP contribution in [-0.2, 0) is 78.0 Å². The van der Waals surface area contributed by atoms with Gasteiger partial charge in [-0.2, -0.15) is 0 Å². The molecule has 6 heterocycles. The molecule has 4 atom stereocenters. The minimum atomic E-state index is -4.09. The third-order valence-electron chi connectivity index (χ3n) is 7.30. The van der Waals surface area contributed by atoms with Gasteiger partial charge in [-0.3, -0.25) is 0 Å². The highest BCUT2D eigenvalue weighted by Crippen LogP contribution is 2.50. The molecule has 18 nitrogen and oxygen atoms in total. The Hall–Kier alpha value is -1.11. The number of hydrogen-bond donors (Lipinski definition) is 0. The molecule has 0 aromatic carbocycles. The van der Waals surface area contributed by atoms with Gasteiger partial charge in [0.2, 0.25) is 0 Å². The summed E-state index contributed by atoms with van der Waals surface area (Å²) in [6.45, 7) is 18.6. The van der Waals surface area contributed by atoms with Crippen LogP contribution in [0.15, 0.2) is 38.0 Å². The molecular weight excluding hydrogens is 789 g/mol. The first-order chi connectivity index (χ1) is 22.8. The van der Waals surface area contributed by atoms with E-state index in [9.17, 15) is 14.4 Å². The topological polar surface area (TPSA) is 190 Å². The summed E-state index contributed by atoms with van der Waals surface area (Å²) in [7, 11) is -31.7. The second-order valence-corrected chi connectivity index (χ2v) is 36.0. The lowest BCUT2D eigenvalue weighted by molar-refractivity contribution is -0.138. The molecule has 0 aliphatic carbocycles. The number of carbonyl (C=O) groups is 3. The molecule has 6 aliphatic rings. The predicted octanol–water partition coefficient (Wildman–Crippen LogP) is 2.27. The number of hydrogen-bond acceptors (Lipinski definition) is 18. The quantitative estimate of drug-likeness (QED) is 0.0768. The van der Waals surface area contributed by atoms with Gasteiger partial charge in [-0.15, -0.1) is 0 Å². The van der Waals surface area contributed by atoms with E-state index in [0.29, 0.717) is 0 Å². The maximum Gasteiger partial charge on any atom is 0.478 e. The number of rotatable bonds is 15. The van der Waals surface area contributed by atoms with Crippen molar-refractivity contribution in [3.8, 4) is 0 Å². The number of esters is 3. The van der Waals surface area contributed by atoms with E-state index < -0.39 is 88.3 Å². The summed E-state index contributed by atoms with van der Waals surface area (Å²) < 4.78 is 97.7. The van der Waals surface area contributed by atoms with E-state index in [-0.39, 0.29) is 57.2 Å². The van der Waals surface area contributed by atoms with Gasteiger partial charge in [0.25, 0.3) is 0 Å². The van der Waals surface area contributed by atoms with Gasteiger partial charge in [-0.25, -0.2) is 14.4 Å². The van der Waals surface area contributed by atoms with Crippen molar-refractivity contribution in [2.45, 2.75) is 70.1 Å². The van der Waals surface area contributed by atoms with E-state index in [1.165, 1.54) is 0 Å². The summed E-state index contributed by atoms with van der Waals surface area (Å²) in [5.41, 5.74) is 0. The van der Waals surface area contributed by atoms with Crippen molar-refractivity contribution < 1.29 is 78.0 Å². The zero-order valence-electron chi connectivity index (χ0n) is 28.1. The first kappa shape index (κ1) is 39.1. The average Bonchev–Trinajstić information content (AvgIpc) is 2.94. The Morgan fingerprint density at radius 1 is 0.429 bits per heavy atom. The molecule has 6 saturated heterocycles. The fourth-order valence-corrected chi connectivity index (χ4v) is 53.0. The third kappa shape index (κ3) is 9.28. The maximum absolute atomic E-state index is 11.8. The molecule has 4 unspecified atom stereocenters. The van der Waals surface area contributed by atoms with Gasteiger partial charge >= 0.3 is 88.3 Å². The van der Waals surface area contributed by atoms with E-state index in [4.69, 9.17) is 63.6 Å². The van der Waals surface area contributed by atoms with Crippen molar-refractivity contribution in [2.24, 2.45) is 0 Å². The van der Waals surface area contributed by atoms with Crippen LogP contribution in [0.4, 0.5) is 0 Å². The van der Waals surface area contributed by atoms with E-state index >= 15 is 0 Å². The van der Waals surface area contributed by atoms with E-state index in [0.717, 1.165) is 18.2 Å². The summed E-state index contributed by atoms with van der Waals surface area (Å²) in [6.07, 6.45) is 3.94. The van der Waals surface area contributed by atoms with Crippen LogP contribution in [0.2, 0.25) is 50.9 Å². The average molecular weight is 831 g/mol. The van der Waals surface area contributed by atoms with Crippen molar-refractivity contribution in [3.05, 3.63) is 38.0 Å². The van der Waals surface area contributed by atoms with Gasteiger partial charge < -0.3 is 63.6 Å². The second kappa shape index (κ2) is 14.4. The van der Waals surface area contributed by atoms with Crippen LogP contribution >= 0.6 is 0 Å². The van der Waals surface area contributed by atoms with Crippen molar-refractivity contribution in [3.63, 3.8) is 0 Å². The van der Waals surface area contributed by atoms with Gasteiger partial charge in [0, 0.05) is 69.1 Å². The molecule has 8 bridgehead atoms. The SMILES string of the molecule is C=CC(=O)OCCC[Si]12O[Si]3(C)O[Si]4(C)O[Si](C)(O1)O[Si]1(CCCOC(=O)C=C)O[Si](C)(O[Si](C)(O3)O[Si](CCCOC(=O)C=C)(O4)O1)O2. The first-order valence-corrected chi connectivity index (χ1v) is 32.6. The van der Waals surface area contributed by atoms with Crippen LogP contribution in [-0.4, -0.2) is 108 Å². The summed E-state index contributed by atoms with van der Waals surface area (Å²) >= 11 is 0. The Kier molecular flexibility index (Phi) is 11.5. The Bertz CT molecular complexity index is 1320. The summed E-state index contributed by atoms with van der Waals surface area (Å²) in [5.74, 6) is -1.77. The van der Waals surface area contributed by atoms with Gasteiger partial charge in [-0.1, -0.05) is 19.7 Å². The molecule has 26 heteroatoms. The predicted molar refractivity (Wildman–Crippen MR) is 180 cm³/mol. The molecule has 0 aromatic rings. The third-order valence-corrected chi connectivity index (χ3v) is 43.6. The highest BCUT2D eigenvalue weighted by molar-refractivity contribution is 7.02. The molecule has 6 rings (SSSR count). The van der Waals surface area contributed by atoms with Crippen molar-refractivity contribution in [2.75, 3.05) is 19.8 Å². The standard InChI is InChI=1S/C23H42O18Si8/c1-9-21(24)27-15-12-18-47-34-42(4)30-43(5)32-45(7,37-47)39-49(20-14-17-29-23(26)11-3)40-46(8,38-47)33-44(6,31-42)36-48(35-43,41-49)19-13-16-28-22(25)10-2/h9-11H,1-3,12-20H2,4-8H3. The Labute approximate surface area is 293 Å². The fraction of sp³-hybridized carbons (Fsp3) is 0.609. The molecule has 6 aliphatic heterocycles. The van der Waals surface area contributed by atoms with E-state index in [1.54, 1.807) is 32.7 Å². The molecule has 0 aromatic heterocycles. The smallest absolute Gasteiger partial charge is 0.463 e. The molecule has 0 radical (unpaired) electrons. The Morgan fingerprint density at radius 3 is 0.898 bits per heavy atom. The lowest BCUT2D eigenvalue weighted by Crippen LogP contribution is -2.86. The molecule has 0 spiro atoms. The highest BCUT2D eigenvalue weighted by Gasteiger charge is 2.80. The van der Waals surface area contributed by atoms with E-state index in [1.807, 2.05) is 0 Å². The number of carbonyl (C=O) groups excluding carboxylic acids is 3. The Morgan fingerprint density at radius 2 is 0.653 bits per heavy atom.